The maximum Gasteiger partial charge on any atom is 0.304 e. The molecule has 1 saturated heterocycles. The number of aromatic nitrogens is 1. The molecule has 0 radical (unpaired) electrons. The molecule has 2 atom stereocenters. The number of aryl methyl sites for hydroxylation is 2. The van der Waals surface area contributed by atoms with Gasteiger partial charge in [-0.2, -0.15) is 0 Å². The van der Waals surface area contributed by atoms with Crippen LogP contribution in [0.3, 0.4) is 0 Å². The van der Waals surface area contributed by atoms with Gasteiger partial charge in [0.2, 0.25) is 0 Å². The van der Waals surface area contributed by atoms with Gasteiger partial charge in [-0.05, 0) is 86.7 Å². The lowest BCUT2D eigenvalue weighted by molar-refractivity contribution is -0.137. The highest BCUT2D eigenvalue weighted by Crippen LogP contribution is 2.33. The molecule has 6 heteroatoms. The maximum atomic E-state index is 11.8. The SMILES string of the molecule is CC1=NC(C)=C(c2cccc([C@H](CC(=O)O)CN3CC[C@@H](CCc4ccc5c(n4)NCCC5)C3)c2)C1. The van der Waals surface area contributed by atoms with Gasteiger partial charge < -0.3 is 15.3 Å². The van der Waals surface area contributed by atoms with E-state index >= 15 is 0 Å². The monoisotopic (exact) mass is 486 g/mol. The number of rotatable bonds is 9. The molecule has 0 aliphatic carbocycles. The second kappa shape index (κ2) is 11.0. The van der Waals surface area contributed by atoms with Crippen LogP contribution in [0.5, 0.6) is 0 Å². The zero-order valence-electron chi connectivity index (χ0n) is 21.6. The summed E-state index contributed by atoms with van der Waals surface area (Å²) in [6.45, 7) is 8.02. The molecule has 6 nitrogen and oxygen atoms in total. The van der Waals surface area contributed by atoms with Gasteiger partial charge in [-0.1, -0.05) is 30.3 Å². The predicted molar refractivity (Wildman–Crippen MR) is 146 cm³/mol. The molecule has 3 aliphatic rings. The number of likely N-dealkylation sites (tertiary alicyclic amines) is 1. The average Bonchev–Trinajstić information content (AvgIpc) is 3.47. The Bertz CT molecular complexity index is 1190. The Morgan fingerprint density at radius 2 is 2.14 bits per heavy atom. The molecule has 2 aromatic rings. The molecule has 0 saturated carbocycles. The van der Waals surface area contributed by atoms with Crippen LogP contribution in [-0.4, -0.2) is 52.9 Å². The second-order valence-corrected chi connectivity index (χ2v) is 10.8. The number of pyridine rings is 1. The number of fused-ring (bicyclic) bond motifs is 1. The van der Waals surface area contributed by atoms with Crippen LogP contribution in [0.2, 0.25) is 0 Å². The largest absolute Gasteiger partial charge is 0.481 e. The standard InChI is InChI=1S/C30H38N4O2/c1-20-15-28(21(2)32-20)25-6-3-5-24(16-25)26(17-29(35)36)19-34-14-12-22(18-34)8-10-27-11-9-23-7-4-13-31-30(23)33-27/h3,5-6,9,11,16,22,26H,4,7-8,10,12-15,17-19H2,1-2H3,(H,31,33)(H,35,36)/t22-,26-/m1/s1. The van der Waals surface area contributed by atoms with Crippen molar-refractivity contribution in [3.8, 4) is 0 Å². The van der Waals surface area contributed by atoms with Crippen molar-refractivity contribution in [3.05, 3.63) is 64.5 Å². The van der Waals surface area contributed by atoms with E-state index in [9.17, 15) is 9.90 Å². The fourth-order valence-electron chi connectivity index (χ4n) is 6.05. The van der Waals surface area contributed by atoms with Crippen LogP contribution in [0, 0.1) is 5.92 Å². The number of aliphatic imine (C=N–C) groups is 1. The number of hydrogen-bond donors (Lipinski definition) is 2. The number of allylic oxidation sites excluding steroid dienone is 2. The lowest BCUT2D eigenvalue weighted by Crippen LogP contribution is -2.28. The molecular weight excluding hydrogens is 448 g/mol. The van der Waals surface area contributed by atoms with Crippen molar-refractivity contribution in [1.29, 1.82) is 0 Å². The summed E-state index contributed by atoms with van der Waals surface area (Å²) in [4.78, 5) is 23.7. The van der Waals surface area contributed by atoms with Crippen molar-refractivity contribution < 1.29 is 9.90 Å². The van der Waals surface area contributed by atoms with Gasteiger partial charge in [-0.25, -0.2) is 4.98 Å². The number of nitrogens with zero attached hydrogens (tertiary/aromatic N) is 3. The Morgan fingerprint density at radius 3 is 2.94 bits per heavy atom. The third-order valence-corrected chi connectivity index (χ3v) is 7.96. The van der Waals surface area contributed by atoms with E-state index in [4.69, 9.17) is 4.98 Å². The summed E-state index contributed by atoms with van der Waals surface area (Å²) in [6, 6.07) is 12.9. The van der Waals surface area contributed by atoms with Crippen molar-refractivity contribution in [1.82, 2.24) is 9.88 Å². The summed E-state index contributed by atoms with van der Waals surface area (Å²) >= 11 is 0. The number of carboxylic acid groups (broad SMARTS) is 1. The Kier molecular flexibility index (Phi) is 7.51. The van der Waals surface area contributed by atoms with Crippen molar-refractivity contribution in [3.63, 3.8) is 0 Å². The molecule has 3 aliphatic heterocycles. The summed E-state index contributed by atoms with van der Waals surface area (Å²) in [5, 5.41) is 13.1. The second-order valence-electron chi connectivity index (χ2n) is 10.8. The van der Waals surface area contributed by atoms with Crippen LogP contribution in [0.4, 0.5) is 5.82 Å². The molecule has 2 N–H and O–H groups in total. The zero-order valence-corrected chi connectivity index (χ0v) is 21.6. The highest BCUT2D eigenvalue weighted by Gasteiger charge is 2.27. The minimum Gasteiger partial charge on any atom is -0.481 e. The summed E-state index contributed by atoms with van der Waals surface area (Å²) < 4.78 is 0. The van der Waals surface area contributed by atoms with E-state index in [1.165, 1.54) is 35.2 Å². The molecule has 0 amide bonds. The first-order chi connectivity index (χ1) is 17.4. The van der Waals surface area contributed by atoms with Crippen molar-refractivity contribution in [2.75, 3.05) is 31.5 Å². The van der Waals surface area contributed by atoms with Crippen LogP contribution in [0.15, 0.2) is 47.1 Å². The van der Waals surface area contributed by atoms with Gasteiger partial charge in [0, 0.05) is 49.1 Å². The lowest BCUT2D eigenvalue weighted by atomic mass is 9.91. The maximum absolute atomic E-state index is 11.8. The van der Waals surface area contributed by atoms with Gasteiger partial charge in [-0.3, -0.25) is 9.79 Å². The van der Waals surface area contributed by atoms with E-state index in [1.807, 2.05) is 0 Å². The molecule has 1 aromatic heterocycles. The molecule has 190 valence electrons. The molecule has 36 heavy (non-hydrogen) atoms. The van der Waals surface area contributed by atoms with E-state index < -0.39 is 5.97 Å². The first-order valence-electron chi connectivity index (χ1n) is 13.5. The molecule has 1 fully saturated rings. The van der Waals surface area contributed by atoms with E-state index in [1.54, 1.807) is 0 Å². The number of carbonyl (C=O) groups is 1. The van der Waals surface area contributed by atoms with E-state index in [0.29, 0.717) is 5.92 Å². The normalized spacial score (nSPS) is 20.7. The number of benzene rings is 1. The van der Waals surface area contributed by atoms with Crippen LogP contribution >= 0.6 is 0 Å². The topological polar surface area (TPSA) is 77.8 Å². The Hall–Kier alpha value is -2.99. The summed E-state index contributed by atoms with van der Waals surface area (Å²) in [7, 11) is 0. The van der Waals surface area contributed by atoms with E-state index in [-0.39, 0.29) is 12.3 Å². The van der Waals surface area contributed by atoms with Crippen LogP contribution in [-0.2, 0) is 17.6 Å². The highest BCUT2D eigenvalue weighted by atomic mass is 16.4. The van der Waals surface area contributed by atoms with Crippen LogP contribution in [0.1, 0.15) is 74.3 Å². The lowest BCUT2D eigenvalue weighted by Gasteiger charge is -2.24. The van der Waals surface area contributed by atoms with Gasteiger partial charge in [0.25, 0.3) is 0 Å². The van der Waals surface area contributed by atoms with E-state index in [2.05, 4.69) is 65.5 Å². The molecule has 0 bridgehead atoms. The first-order valence-corrected chi connectivity index (χ1v) is 13.5. The van der Waals surface area contributed by atoms with Crippen LogP contribution in [0.25, 0.3) is 5.57 Å². The summed E-state index contributed by atoms with van der Waals surface area (Å²) in [5.41, 5.74) is 8.29. The Labute approximate surface area is 214 Å². The fourth-order valence-corrected chi connectivity index (χ4v) is 6.05. The fraction of sp³-hybridized carbons (Fsp3) is 0.500. The van der Waals surface area contributed by atoms with Crippen molar-refractivity contribution in [2.24, 2.45) is 10.9 Å². The minimum absolute atomic E-state index is 0.0149. The molecule has 4 heterocycles. The highest BCUT2D eigenvalue weighted by molar-refractivity contribution is 5.98. The number of hydrogen-bond acceptors (Lipinski definition) is 5. The number of carboxylic acids is 1. The van der Waals surface area contributed by atoms with Crippen LogP contribution < -0.4 is 5.32 Å². The average molecular weight is 487 g/mol. The van der Waals surface area contributed by atoms with Crippen molar-refractivity contribution in [2.45, 2.75) is 64.7 Å². The van der Waals surface area contributed by atoms with Gasteiger partial charge in [-0.15, -0.1) is 0 Å². The van der Waals surface area contributed by atoms with Gasteiger partial charge in [0.05, 0.1) is 6.42 Å². The number of nitrogens with one attached hydrogen (secondary N) is 1. The Balaban J connectivity index is 1.20. The Morgan fingerprint density at radius 1 is 1.25 bits per heavy atom. The van der Waals surface area contributed by atoms with Gasteiger partial charge in [0.1, 0.15) is 5.82 Å². The quantitative estimate of drug-likeness (QED) is 0.486. The molecular formula is C30H38N4O2. The summed E-state index contributed by atoms with van der Waals surface area (Å²) in [6.07, 6.45) is 6.65. The molecule has 0 unspecified atom stereocenters. The number of anilines is 1. The molecule has 5 rings (SSSR count). The minimum atomic E-state index is -0.733. The molecule has 0 spiro atoms. The zero-order chi connectivity index (χ0) is 25.1. The predicted octanol–water partition coefficient (Wildman–Crippen LogP) is 5.55. The first kappa shape index (κ1) is 24.7. The van der Waals surface area contributed by atoms with Gasteiger partial charge >= 0.3 is 5.97 Å². The van der Waals surface area contributed by atoms with E-state index in [0.717, 1.165) is 74.7 Å². The molecule has 1 aromatic carbocycles. The third-order valence-electron chi connectivity index (χ3n) is 7.96. The van der Waals surface area contributed by atoms with Gasteiger partial charge in [0.15, 0.2) is 0 Å². The van der Waals surface area contributed by atoms with Crippen molar-refractivity contribution >= 4 is 23.1 Å². The number of aliphatic carboxylic acids is 1. The summed E-state index contributed by atoms with van der Waals surface area (Å²) in [5.74, 6) is 0.970. The third kappa shape index (κ3) is 5.86. The smallest absolute Gasteiger partial charge is 0.304 e.